The maximum atomic E-state index is 11.7. The predicted octanol–water partition coefficient (Wildman–Crippen LogP) is 7.90. The largest absolute Gasteiger partial charge is 0.380 e. The number of hydrogen-bond acceptors (Lipinski definition) is 22. The minimum atomic E-state index is -0.597. The van der Waals surface area contributed by atoms with Crippen molar-refractivity contribution in [3.8, 4) is 0 Å². The van der Waals surface area contributed by atoms with Gasteiger partial charge < -0.3 is 91.9 Å². The van der Waals surface area contributed by atoms with E-state index in [9.17, 15) is 76.7 Å². The summed E-state index contributed by atoms with van der Waals surface area (Å²) in [6.07, 6.45) is 14.4. The predicted molar refractivity (Wildman–Crippen MR) is 479 cm³/mol. The Labute approximate surface area is 738 Å². The van der Waals surface area contributed by atoms with E-state index >= 15 is 0 Å². The minimum absolute atomic E-state index is 0.00638. The second kappa shape index (κ2) is 78.8. The molecule has 34 nitrogen and oxygen atoms in total. The first-order valence-corrected chi connectivity index (χ1v) is 44.0. The van der Waals surface area contributed by atoms with E-state index in [1.165, 1.54) is 37.0 Å². The Balaban J connectivity index is -0.000000694. The molecule has 3 rings (SSSR count). The Morgan fingerprint density at radius 1 is 0.358 bits per heavy atom. The molecule has 1 saturated heterocycles. The SMILES string of the molecule is CC(=O)CCCNC(=O)C(C)C.CC(=O)CCCNC(=O)C(C)C.CC(C)C(=O)NCCOCCNC(=O)CCCCCCC(=O)ON1C(=O)CCC1=O.CC(C)C(=O)NCCOCCNC(=O)CCN1C(=O)C=CC1=O.CCCCCCNC(=O)C(C)C.CCCOCCNC(=O)C(C)C.Cc1ccc(NC(=S)NCCOCCNC(=O)C(C)C)cc1. The van der Waals surface area contributed by atoms with E-state index in [2.05, 4.69) is 72.3 Å². The van der Waals surface area contributed by atoms with E-state index in [0.29, 0.717) is 147 Å². The number of carbonyl (C=O) groups is 16. The lowest BCUT2D eigenvalue weighted by Gasteiger charge is -2.13. The first kappa shape index (κ1) is 120. The number of aryl methyl sites for hydroxylation is 1. The zero-order valence-corrected chi connectivity index (χ0v) is 78.4. The molecular formula is C88H155N13O21S. The van der Waals surface area contributed by atoms with Crippen LogP contribution in [0.3, 0.4) is 0 Å². The molecule has 0 spiro atoms. The van der Waals surface area contributed by atoms with Crippen molar-refractivity contribution in [2.24, 2.45) is 41.4 Å². The second-order valence-corrected chi connectivity index (χ2v) is 31.5. The smallest absolute Gasteiger partial charge is 0.333 e. The Hall–Kier alpha value is -9.19. The third kappa shape index (κ3) is 76.2. The minimum Gasteiger partial charge on any atom is -0.380 e. The summed E-state index contributed by atoms with van der Waals surface area (Å²) < 4.78 is 21.2. The molecule has 2 heterocycles. The summed E-state index contributed by atoms with van der Waals surface area (Å²) in [6.45, 7) is 44.8. The number of amides is 13. The standard InChI is InChI=1S/C20H33N3O7.C16H25N3O2S.C15H23N3O5.C10H21NO.2C9H17NO2.C9H19NO2/c1-15(2)20(28)22-12-14-29-13-11-21-16(24)7-5-3-4-6-8-19(27)30-23-17(25)9-10-18(23)26;1-12(2)15(20)17-8-10-21-11-9-18-16(22)19-14-6-4-13(3)5-7-14;1-11(2)15(22)17-7-10-23-9-6-16-12(19)5-8-18-13(20)3-4-14(18)21;1-4-5-6-7-8-11-10(12)9(2)3;2*1-7(2)9(12)10-6-4-5-8(3)11;1-4-6-12-7-5-10-9(11)8(2)3/h15H,3-14H2,1-2H3,(H,21,24)(H,22,28);4-7,12H,8-11H2,1-3H3,(H,17,20)(H2,18,19,22);3-4,11H,5-10H2,1-2H3,(H,16,19)(H,17,22);9H,4-8H2,1-3H3,(H,11,12);2*7H,4-6H2,1-3H3,(H,10,12);8H,4-7H2,1-3H3,(H,10,11). The van der Waals surface area contributed by atoms with Gasteiger partial charge in [-0.25, -0.2) is 4.79 Å². The summed E-state index contributed by atoms with van der Waals surface area (Å²) in [6, 6.07) is 8.02. The van der Waals surface area contributed by atoms with Gasteiger partial charge in [-0.05, 0) is 83.6 Å². The van der Waals surface area contributed by atoms with E-state index in [0.717, 1.165) is 62.3 Å². The average molecular weight is 1760 g/mol. The molecule has 704 valence electrons. The molecule has 0 atom stereocenters. The van der Waals surface area contributed by atoms with Crippen LogP contribution in [0.25, 0.3) is 0 Å². The third-order valence-electron chi connectivity index (χ3n) is 16.7. The van der Waals surface area contributed by atoms with Crippen LogP contribution in [0.1, 0.15) is 246 Å². The van der Waals surface area contributed by atoms with Crippen molar-refractivity contribution in [2.45, 2.75) is 247 Å². The number of thiocarbonyl (C=S) groups is 1. The van der Waals surface area contributed by atoms with Crippen LogP contribution in [0.2, 0.25) is 0 Å². The summed E-state index contributed by atoms with van der Waals surface area (Å²) in [5.41, 5.74) is 2.17. The number of imide groups is 2. The number of ketones is 2. The maximum absolute atomic E-state index is 11.7. The summed E-state index contributed by atoms with van der Waals surface area (Å²) in [7, 11) is 0. The van der Waals surface area contributed by atoms with Gasteiger partial charge in [-0.15, -0.1) is 5.06 Å². The molecule has 11 N–H and O–H groups in total. The van der Waals surface area contributed by atoms with Gasteiger partial charge in [0.2, 0.25) is 53.2 Å². The Kier molecular flexibility index (Phi) is 76.9. The molecule has 1 aromatic rings. The highest BCUT2D eigenvalue weighted by molar-refractivity contribution is 7.80. The van der Waals surface area contributed by atoms with Crippen molar-refractivity contribution < 1.29 is 100 Å². The fourth-order valence-electron chi connectivity index (χ4n) is 9.16. The lowest BCUT2D eigenvalue weighted by Crippen LogP contribution is -2.35. The number of hydrogen-bond donors (Lipinski definition) is 11. The summed E-state index contributed by atoms with van der Waals surface area (Å²) >= 11 is 5.20. The van der Waals surface area contributed by atoms with Crippen molar-refractivity contribution in [2.75, 3.05) is 130 Å². The van der Waals surface area contributed by atoms with Crippen molar-refractivity contribution in [1.29, 1.82) is 0 Å². The van der Waals surface area contributed by atoms with Gasteiger partial charge in [-0.2, -0.15) is 0 Å². The molecule has 0 bridgehead atoms. The van der Waals surface area contributed by atoms with Gasteiger partial charge in [0, 0.05) is 183 Å². The number of nitrogens with one attached hydrogen (secondary N) is 11. The summed E-state index contributed by atoms with van der Waals surface area (Å²) in [4.78, 5) is 185. The zero-order chi connectivity index (χ0) is 93.9. The molecule has 13 amide bonds. The van der Waals surface area contributed by atoms with Crippen LogP contribution >= 0.6 is 12.2 Å². The van der Waals surface area contributed by atoms with E-state index in [-0.39, 0.29) is 138 Å². The van der Waals surface area contributed by atoms with E-state index in [1.807, 2.05) is 128 Å². The molecular weight excluding hydrogens is 1610 g/mol. The van der Waals surface area contributed by atoms with Gasteiger partial charge in [-0.3, -0.25) is 67.2 Å². The van der Waals surface area contributed by atoms with Crippen molar-refractivity contribution in [3.05, 3.63) is 42.0 Å². The van der Waals surface area contributed by atoms with Crippen molar-refractivity contribution in [3.63, 3.8) is 0 Å². The topological polar surface area (TPSA) is 458 Å². The maximum Gasteiger partial charge on any atom is 0.333 e. The van der Waals surface area contributed by atoms with Gasteiger partial charge in [0.15, 0.2) is 5.11 Å². The van der Waals surface area contributed by atoms with Crippen LogP contribution in [0.5, 0.6) is 0 Å². The van der Waals surface area contributed by atoms with Crippen molar-refractivity contribution >= 4 is 117 Å². The first-order chi connectivity index (χ1) is 58.1. The molecule has 0 unspecified atom stereocenters. The molecule has 1 aromatic carbocycles. The fourth-order valence-corrected chi connectivity index (χ4v) is 9.38. The number of hydroxylamine groups is 2. The highest BCUT2D eigenvalue weighted by Gasteiger charge is 2.33. The number of ether oxygens (including phenoxy) is 4. The third-order valence-corrected chi connectivity index (χ3v) is 17.0. The Morgan fingerprint density at radius 2 is 0.667 bits per heavy atom. The van der Waals surface area contributed by atoms with Gasteiger partial charge >= 0.3 is 5.97 Å². The van der Waals surface area contributed by atoms with Crippen molar-refractivity contribution in [1.82, 2.24) is 63.1 Å². The van der Waals surface area contributed by atoms with E-state index < -0.39 is 29.6 Å². The van der Waals surface area contributed by atoms with Crippen LogP contribution in [0.4, 0.5) is 5.69 Å². The number of Topliss-reactive ketones (excluding diaryl/α,β-unsaturated/α-hetero) is 2. The van der Waals surface area contributed by atoms with Crippen LogP contribution in [0, 0.1) is 48.3 Å². The first-order valence-electron chi connectivity index (χ1n) is 43.6. The van der Waals surface area contributed by atoms with Gasteiger partial charge in [0.05, 0.1) is 46.2 Å². The number of nitrogens with zero attached hydrogens (tertiary/aromatic N) is 2. The van der Waals surface area contributed by atoms with Gasteiger partial charge in [0.25, 0.3) is 23.6 Å². The Bertz CT molecular complexity index is 3140. The summed E-state index contributed by atoms with van der Waals surface area (Å²) in [5, 5.41) is 32.1. The average Bonchev–Trinajstić information content (AvgIpc) is 1.71. The highest BCUT2D eigenvalue weighted by atomic mass is 32.1. The number of benzene rings is 1. The Morgan fingerprint density at radius 3 is 1.01 bits per heavy atom. The molecule has 123 heavy (non-hydrogen) atoms. The quantitative estimate of drug-likeness (QED) is 0.0168. The summed E-state index contributed by atoms with van der Waals surface area (Å²) in [5.74, 6) is -1.79. The van der Waals surface area contributed by atoms with Crippen LogP contribution in [0.15, 0.2) is 36.4 Å². The van der Waals surface area contributed by atoms with E-state index in [1.54, 1.807) is 13.8 Å². The van der Waals surface area contributed by atoms with Crippen LogP contribution in [-0.4, -0.2) is 234 Å². The van der Waals surface area contributed by atoms with Gasteiger partial charge in [0.1, 0.15) is 11.6 Å². The number of anilines is 1. The molecule has 2 aliphatic rings. The fraction of sp³-hybridized carbons (Fsp3) is 0.716. The van der Waals surface area contributed by atoms with Gasteiger partial charge in [-0.1, -0.05) is 161 Å². The zero-order valence-electron chi connectivity index (χ0n) is 77.5. The molecule has 35 heteroatoms. The van der Waals surface area contributed by atoms with Crippen LogP contribution < -0.4 is 58.5 Å². The van der Waals surface area contributed by atoms with Crippen LogP contribution in [-0.2, 0) is 100 Å². The molecule has 0 radical (unpaired) electrons. The highest BCUT2D eigenvalue weighted by Crippen LogP contribution is 2.15. The second-order valence-electron chi connectivity index (χ2n) is 31.1. The number of rotatable bonds is 55. The lowest BCUT2D eigenvalue weighted by atomic mass is 10.1. The molecule has 0 aliphatic carbocycles. The molecule has 0 aromatic heterocycles. The molecule has 1 fully saturated rings. The monoisotopic (exact) mass is 1760 g/mol. The number of carbonyl (C=O) groups excluding carboxylic acids is 16. The number of unbranched alkanes of at least 4 members (excludes halogenated alkanes) is 6. The lowest BCUT2D eigenvalue weighted by molar-refractivity contribution is -0.197. The molecule has 0 saturated carbocycles. The normalized spacial score (nSPS) is 11.7. The molecule has 2 aliphatic heterocycles. The van der Waals surface area contributed by atoms with E-state index in [4.69, 9.17) is 36.0 Å².